The smallest absolute Gasteiger partial charge is 0.0874 e. The van der Waals surface area contributed by atoms with Crippen LogP contribution in [0.4, 0.5) is 0 Å². The van der Waals surface area contributed by atoms with E-state index in [4.69, 9.17) is 0 Å². The SMILES string of the molecule is CC(C)(C)C1CCCCC1(O)C1NCCc2ccccc21. The van der Waals surface area contributed by atoms with Crippen LogP contribution in [-0.4, -0.2) is 17.3 Å². The second-order valence-electron chi connectivity index (χ2n) is 7.99. The average molecular weight is 287 g/mol. The Balaban J connectivity index is 2.01. The van der Waals surface area contributed by atoms with Crippen molar-refractivity contribution in [2.75, 3.05) is 6.54 Å². The fourth-order valence-corrected chi connectivity index (χ4v) is 4.66. The molecule has 0 spiro atoms. The Morgan fingerprint density at radius 2 is 1.95 bits per heavy atom. The third-order valence-electron chi connectivity index (χ3n) is 5.58. The highest BCUT2D eigenvalue weighted by Crippen LogP contribution is 2.50. The molecule has 2 N–H and O–H groups in total. The Hall–Kier alpha value is -0.860. The van der Waals surface area contributed by atoms with Crippen LogP contribution in [0.1, 0.15) is 63.6 Å². The first-order valence-corrected chi connectivity index (χ1v) is 8.46. The van der Waals surface area contributed by atoms with Gasteiger partial charge in [-0.1, -0.05) is 57.9 Å². The van der Waals surface area contributed by atoms with Gasteiger partial charge in [-0.2, -0.15) is 0 Å². The highest BCUT2D eigenvalue weighted by atomic mass is 16.3. The van der Waals surface area contributed by atoms with Gasteiger partial charge in [0.1, 0.15) is 0 Å². The first-order chi connectivity index (χ1) is 9.93. The molecule has 0 saturated heterocycles. The minimum Gasteiger partial charge on any atom is -0.388 e. The summed E-state index contributed by atoms with van der Waals surface area (Å²) in [6, 6.07) is 8.75. The number of hydrogen-bond acceptors (Lipinski definition) is 2. The second-order valence-corrected chi connectivity index (χ2v) is 7.99. The summed E-state index contributed by atoms with van der Waals surface area (Å²) in [6.45, 7) is 7.81. The molecule has 2 aliphatic rings. The molecule has 21 heavy (non-hydrogen) atoms. The van der Waals surface area contributed by atoms with Crippen LogP contribution < -0.4 is 5.32 Å². The van der Waals surface area contributed by atoms with Gasteiger partial charge in [0.2, 0.25) is 0 Å². The lowest BCUT2D eigenvalue weighted by Gasteiger charge is -2.52. The van der Waals surface area contributed by atoms with Crippen molar-refractivity contribution in [3.63, 3.8) is 0 Å². The molecule has 3 rings (SSSR count). The summed E-state index contributed by atoms with van der Waals surface area (Å²) in [5, 5.41) is 15.3. The lowest BCUT2D eigenvalue weighted by atomic mass is 9.60. The van der Waals surface area contributed by atoms with Crippen molar-refractivity contribution >= 4 is 0 Å². The van der Waals surface area contributed by atoms with Gasteiger partial charge in [0.15, 0.2) is 0 Å². The molecule has 3 unspecified atom stereocenters. The molecule has 0 bridgehead atoms. The molecular weight excluding hydrogens is 258 g/mol. The molecule has 1 aromatic carbocycles. The van der Waals surface area contributed by atoms with Gasteiger partial charge in [-0.3, -0.25) is 0 Å². The molecule has 1 heterocycles. The van der Waals surface area contributed by atoms with E-state index in [9.17, 15) is 5.11 Å². The molecule has 0 amide bonds. The molecular formula is C19H29NO. The van der Waals surface area contributed by atoms with Crippen molar-refractivity contribution < 1.29 is 5.11 Å². The Morgan fingerprint density at radius 1 is 1.19 bits per heavy atom. The van der Waals surface area contributed by atoms with Crippen LogP contribution in [0.2, 0.25) is 0 Å². The normalized spacial score (nSPS) is 33.5. The highest BCUT2D eigenvalue weighted by molar-refractivity contribution is 5.35. The van der Waals surface area contributed by atoms with E-state index < -0.39 is 5.60 Å². The molecule has 1 aliphatic heterocycles. The second kappa shape index (κ2) is 5.40. The summed E-state index contributed by atoms with van der Waals surface area (Å²) in [6.07, 6.45) is 5.52. The summed E-state index contributed by atoms with van der Waals surface area (Å²) in [4.78, 5) is 0. The molecule has 0 radical (unpaired) electrons. The molecule has 2 heteroatoms. The van der Waals surface area contributed by atoms with Crippen LogP contribution in [0.5, 0.6) is 0 Å². The van der Waals surface area contributed by atoms with Crippen molar-refractivity contribution in [1.82, 2.24) is 5.32 Å². The Morgan fingerprint density at radius 3 is 2.71 bits per heavy atom. The van der Waals surface area contributed by atoms with E-state index in [1.165, 1.54) is 17.5 Å². The van der Waals surface area contributed by atoms with Crippen LogP contribution in [0.15, 0.2) is 24.3 Å². The number of aliphatic hydroxyl groups is 1. The fourth-order valence-electron chi connectivity index (χ4n) is 4.66. The van der Waals surface area contributed by atoms with Gasteiger partial charge >= 0.3 is 0 Å². The Bertz CT molecular complexity index is 505. The standard InChI is InChI=1S/C19H29NO/c1-18(2,3)16-10-6-7-12-19(16,21)17-15-9-5-4-8-14(15)11-13-20-17/h4-5,8-9,16-17,20-21H,6-7,10-13H2,1-3H3. The van der Waals surface area contributed by atoms with Crippen LogP contribution in [0.3, 0.4) is 0 Å². The predicted octanol–water partition coefficient (Wildman–Crippen LogP) is 3.84. The number of rotatable bonds is 1. The first kappa shape index (κ1) is 15.1. The van der Waals surface area contributed by atoms with E-state index in [0.29, 0.717) is 5.92 Å². The van der Waals surface area contributed by atoms with E-state index in [0.717, 1.165) is 32.2 Å². The lowest BCUT2D eigenvalue weighted by Crippen LogP contribution is -2.56. The molecule has 1 aliphatic carbocycles. The third kappa shape index (κ3) is 2.64. The van der Waals surface area contributed by atoms with E-state index in [2.05, 4.69) is 50.4 Å². The van der Waals surface area contributed by atoms with E-state index in [1.807, 2.05) is 0 Å². The van der Waals surface area contributed by atoms with Gasteiger partial charge in [0, 0.05) is 0 Å². The predicted molar refractivity (Wildman–Crippen MR) is 87.3 cm³/mol. The van der Waals surface area contributed by atoms with Gasteiger partial charge in [0.25, 0.3) is 0 Å². The first-order valence-electron chi connectivity index (χ1n) is 8.46. The van der Waals surface area contributed by atoms with Gasteiger partial charge in [-0.05, 0) is 48.3 Å². The monoisotopic (exact) mass is 287 g/mol. The van der Waals surface area contributed by atoms with E-state index >= 15 is 0 Å². The van der Waals surface area contributed by atoms with Gasteiger partial charge in [-0.15, -0.1) is 0 Å². The lowest BCUT2D eigenvalue weighted by molar-refractivity contribution is -0.116. The van der Waals surface area contributed by atoms with Crippen LogP contribution >= 0.6 is 0 Å². The molecule has 2 nitrogen and oxygen atoms in total. The average Bonchev–Trinajstić information content (AvgIpc) is 2.46. The number of nitrogens with one attached hydrogen (secondary N) is 1. The summed E-state index contributed by atoms with van der Waals surface area (Å²) in [7, 11) is 0. The highest BCUT2D eigenvalue weighted by Gasteiger charge is 2.50. The summed E-state index contributed by atoms with van der Waals surface area (Å²) < 4.78 is 0. The topological polar surface area (TPSA) is 32.3 Å². The van der Waals surface area contributed by atoms with Gasteiger partial charge < -0.3 is 10.4 Å². The molecule has 3 atom stereocenters. The molecule has 1 saturated carbocycles. The fraction of sp³-hybridized carbons (Fsp3) is 0.684. The van der Waals surface area contributed by atoms with Crippen LogP contribution in [0, 0.1) is 11.3 Å². The van der Waals surface area contributed by atoms with Crippen LogP contribution in [0.25, 0.3) is 0 Å². The maximum atomic E-state index is 11.7. The zero-order valence-electron chi connectivity index (χ0n) is 13.7. The summed E-state index contributed by atoms with van der Waals surface area (Å²) >= 11 is 0. The molecule has 0 aromatic heterocycles. The number of hydrogen-bond donors (Lipinski definition) is 2. The minimum absolute atomic E-state index is 0.0898. The maximum absolute atomic E-state index is 11.7. The Labute approximate surface area is 129 Å². The van der Waals surface area contributed by atoms with Crippen molar-refractivity contribution in [2.45, 2.75) is 64.5 Å². The quantitative estimate of drug-likeness (QED) is 0.822. The van der Waals surface area contributed by atoms with Gasteiger partial charge in [-0.25, -0.2) is 0 Å². The van der Waals surface area contributed by atoms with Crippen LogP contribution in [-0.2, 0) is 6.42 Å². The summed E-state index contributed by atoms with van der Waals surface area (Å²) in [5.74, 6) is 0.349. The maximum Gasteiger partial charge on any atom is 0.0874 e. The number of fused-ring (bicyclic) bond motifs is 1. The van der Waals surface area contributed by atoms with Crippen molar-refractivity contribution in [1.29, 1.82) is 0 Å². The van der Waals surface area contributed by atoms with E-state index in [-0.39, 0.29) is 11.5 Å². The number of benzene rings is 1. The molecule has 1 aromatic rings. The molecule has 116 valence electrons. The zero-order valence-corrected chi connectivity index (χ0v) is 13.7. The van der Waals surface area contributed by atoms with Crippen molar-refractivity contribution in [2.24, 2.45) is 11.3 Å². The zero-order chi connectivity index (χ0) is 15.1. The minimum atomic E-state index is -0.618. The largest absolute Gasteiger partial charge is 0.388 e. The third-order valence-corrected chi connectivity index (χ3v) is 5.58. The van der Waals surface area contributed by atoms with Crippen molar-refractivity contribution in [3.8, 4) is 0 Å². The van der Waals surface area contributed by atoms with Gasteiger partial charge in [0.05, 0.1) is 11.6 Å². The summed E-state index contributed by atoms with van der Waals surface area (Å²) in [5.41, 5.74) is 2.26. The Kier molecular flexibility index (Phi) is 3.87. The molecule has 1 fully saturated rings. The van der Waals surface area contributed by atoms with Crippen molar-refractivity contribution in [3.05, 3.63) is 35.4 Å². The van der Waals surface area contributed by atoms with E-state index in [1.54, 1.807) is 0 Å².